The van der Waals surface area contributed by atoms with Crippen LogP contribution in [0.15, 0.2) is 61.1 Å². The van der Waals surface area contributed by atoms with Crippen LogP contribution in [-0.2, 0) is 0 Å². The molecule has 0 fully saturated rings. The van der Waals surface area contributed by atoms with Gasteiger partial charge in [0.15, 0.2) is 0 Å². The maximum Gasteiger partial charge on any atom is 0.271 e. The van der Waals surface area contributed by atoms with Gasteiger partial charge in [-0.2, -0.15) is 14.8 Å². The Morgan fingerprint density at radius 2 is 2.00 bits per heavy atom. The molecule has 0 amide bonds. The average molecular weight is 333 g/mol. The van der Waals surface area contributed by atoms with Crippen LogP contribution in [-0.4, -0.2) is 29.7 Å². The van der Waals surface area contributed by atoms with Gasteiger partial charge in [0.1, 0.15) is 0 Å². The van der Waals surface area contributed by atoms with Crippen molar-refractivity contribution in [2.45, 2.75) is 0 Å². The maximum absolute atomic E-state index is 10.9. The summed E-state index contributed by atoms with van der Waals surface area (Å²) in [5.41, 5.74) is 2.84. The van der Waals surface area contributed by atoms with Gasteiger partial charge in [-0.1, -0.05) is 6.07 Å². The molecule has 0 aliphatic heterocycles. The summed E-state index contributed by atoms with van der Waals surface area (Å²) in [5.74, 6) is 0.334. The molecule has 122 valence electrons. The lowest BCUT2D eigenvalue weighted by Crippen LogP contribution is -1.98. The van der Waals surface area contributed by atoms with E-state index in [1.165, 1.54) is 16.8 Å². The molecule has 3 aromatic heterocycles. The number of nitro groups is 1. The van der Waals surface area contributed by atoms with Crippen LogP contribution in [0.4, 0.5) is 17.3 Å². The molecule has 4 aromatic rings. The summed E-state index contributed by atoms with van der Waals surface area (Å²) in [6.45, 7) is 0. The highest BCUT2D eigenvalue weighted by molar-refractivity contribution is 5.77. The highest BCUT2D eigenvalue weighted by Crippen LogP contribution is 2.24. The van der Waals surface area contributed by atoms with E-state index in [0.29, 0.717) is 17.3 Å². The fraction of sp³-hybridized carbons (Fsp3) is 0. The van der Waals surface area contributed by atoms with Gasteiger partial charge in [0, 0.05) is 35.8 Å². The third kappa shape index (κ3) is 2.85. The van der Waals surface area contributed by atoms with Crippen molar-refractivity contribution >= 4 is 22.8 Å². The highest BCUT2D eigenvalue weighted by atomic mass is 16.6. The number of nitrogens with one attached hydrogen (secondary N) is 1. The summed E-state index contributed by atoms with van der Waals surface area (Å²) in [4.78, 5) is 19.0. The van der Waals surface area contributed by atoms with E-state index in [0.717, 1.165) is 11.1 Å². The van der Waals surface area contributed by atoms with Crippen LogP contribution in [0.3, 0.4) is 0 Å². The van der Waals surface area contributed by atoms with E-state index in [4.69, 9.17) is 0 Å². The average Bonchev–Trinajstić information content (AvgIpc) is 3.06. The van der Waals surface area contributed by atoms with Gasteiger partial charge in [0.25, 0.3) is 5.69 Å². The smallest absolute Gasteiger partial charge is 0.271 e. The number of hydrogen-bond donors (Lipinski definition) is 1. The van der Waals surface area contributed by atoms with E-state index in [2.05, 4.69) is 25.5 Å². The molecule has 0 unspecified atom stereocenters. The van der Waals surface area contributed by atoms with E-state index in [1.807, 2.05) is 12.1 Å². The molecule has 0 spiro atoms. The quantitative estimate of drug-likeness (QED) is 0.451. The Kier molecular flexibility index (Phi) is 3.51. The second-order valence-electron chi connectivity index (χ2n) is 5.15. The third-order valence-corrected chi connectivity index (χ3v) is 3.55. The van der Waals surface area contributed by atoms with Crippen LogP contribution >= 0.6 is 0 Å². The summed E-state index contributed by atoms with van der Waals surface area (Å²) in [7, 11) is 0. The second kappa shape index (κ2) is 5.96. The van der Waals surface area contributed by atoms with Crippen LogP contribution in [0.5, 0.6) is 0 Å². The van der Waals surface area contributed by atoms with Crippen molar-refractivity contribution in [3.8, 4) is 11.3 Å². The molecular weight excluding hydrogens is 322 g/mol. The molecule has 0 aliphatic rings. The zero-order valence-corrected chi connectivity index (χ0v) is 12.8. The Labute approximate surface area is 141 Å². The van der Waals surface area contributed by atoms with E-state index in [1.54, 1.807) is 36.8 Å². The molecule has 4 rings (SSSR count). The fourth-order valence-corrected chi connectivity index (χ4v) is 2.43. The first-order chi connectivity index (χ1) is 12.2. The molecule has 1 N–H and O–H groups in total. The molecule has 0 radical (unpaired) electrons. The molecule has 1 aromatic carbocycles. The van der Waals surface area contributed by atoms with Crippen molar-refractivity contribution in [3.05, 3.63) is 71.2 Å². The Morgan fingerprint density at radius 3 is 2.88 bits per heavy atom. The minimum atomic E-state index is -0.450. The molecule has 25 heavy (non-hydrogen) atoms. The summed E-state index contributed by atoms with van der Waals surface area (Å²) >= 11 is 0. The summed E-state index contributed by atoms with van der Waals surface area (Å²) in [6.07, 6.45) is 4.95. The zero-order valence-electron chi connectivity index (χ0n) is 12.8. The number of benzene rings is 1. The Morgan fingerprint density at radius 1 is 1.08 bits per heavy atom. The summed E-state index contributed by atoms with van der Waals surface area (Å²) in [5, 5.41) is 22.2. The maximum atomic E-state index is 10.9. The Bertz CT molecular complexity index is 1080. The van der Waals surface area contributed by atoms with Crippen molar-refractivity contribution in [1.82, 2.24) is 24.8 Å². The number of rotatable bonds is 4. The first kappa shape index (κ1) is 14.7. The van der Waals surface area contributed by atoms with Crippen molar-refractivity contribution in [3.63, 3.8) is 0 Å². The minimum Gasteiger partial charge on any atom is -0.324 e. The molecule has 9 nitrogen and oxygen atoms in total. The SMILES string of the molecule is O=[N+]([O-])c1cccc(Nc2nccc(-c3cnn4ncccc34)n2)c1. The predicted molar refractivity (Wildman–Crippen MR) is 90.4 cm³/mol. The molecule has 0 saturated carbocycles. The van der Waals surface area contributed by atoms with Gasteiger partial charge in [-0.3, -0.25) is 10.1 Å². The van der Waals surface area contributed by atoms with Gasteiger partial charge < -0.3 is 5.32 Å². The fourth-order valence-electron chi connectivity index (χ4n) is 2.43. The van der Waals surface area contributed by atoms with Gasteiger partial charge in [0.05, 0.1) is 22.3 Å². The lowest BCUT2D eigenvalue weighted by atomic mass is 10.2. The van der Waals surface area contributed by atoms with Crippen molar-refractivity contribution in [2.24, 2.45) is 0 Å². The summed E-state index contributed by atoms with van der Waals surface area (Å²) in [6, 6.07) is 11.6. The largest absolute Gasteiger partial charge is 0.324 e. The van der Waals surface area contributed by atoms with Gasteiger partial charge in [-0.25, -0.2) is 9.97 Å². The molecule has 0 bridgehead atoms. The van der Waals surface area contributed by atoms with Crippen molar-refractivity contribution in [2.75, 3.05) is 5.32 Å². The van der Waals surface area contributed by atoms with Gasteiger partial charge >= 0.3 is 0 Å². The molecular formula is C16H11N7O2. The van der Waals surface area contributed by atoms with Crippen LogP contribution in [0.2, 0.25) is 0 Å². The zero-order chi connectivity index (χ0) is 17.2. The number of nitrogens with zero attached hydrogens (tertiary/aromatic N) is 6. The number of non-ortho nitro benzene ring substituents is 1. The van der Waals surface area contributed by atoms with Gasteiger partial charge in [-0.15, -0.1) is 0 Å². The second-order valence-corrected chi connectivity index (χ2v) is 5.15. The highest BCUT2D eigenvalue weighted by Gasteiger charge is 2.10. The Balaban J connectivity index is 1.68. The number of hydrogen-bond acceptors (Lipinski definition) is 7. The van der Waals surface area contributed by atoms with Gasteiger partial charge in [-0.05, 0) is 24.3 Å². The van der Waals surface area contributed by atoms with Crippen LogP contribution in [0.25, 0.3) is 16.8 Å². The molecule has 0 saturated heterocycles. The van der Waals surface area contributed by atoms with Crippen molar-refractivity contribution in [1.29, 1.82) is 0 Å². The van der Waals surface area contributed by atoms with E-state index >= 15 is 0 Å². The molecule has 3 heterocycles. The van der Waals surface area contributed by atoms with Crippen LogP contribution in [0, 0.1) is 10.1 Å². The number of anilines is 2. The monoisotopic (exact) mass is 333 g/mol. The van der Waals surface area contributed by atoms with Crippen LogP contribution < -0.4 is 5.32 Å². The first-order valence-corrected chi connectivity index (χ1v) is 7.35. The normalized spacial score (nSPS) is 10.7. The minimum absolute atomic E-state index is 0.00476. The van der Waals surface area contributed by atoms with E-state index in [9.17, 15) is 10.1 Å². The Hall–Kier alpha value is -3.88. The first-order valence-electron chi connectivity index (χ1n) is 7.35. The lowest BCUT2D eigenvalue weighted by molar-refractivity contribution is -0.384. The van der Waals surface area contributed by atoms with Crippen LogP contribution in [0.1, 0.15) is 0 Å². The summed E-state index contributed by atoms with van der Waals surface area (Å²) < 4.78 is 1.52. The number of fused-ring (bicyclic) bond motifs is 1. The molecule has 9 heteroatoms. The standard InChI is InChI=1S/C16H11N7O2/c24-23(25)12-4-1-3-11(9-12)20-16-17-8-6-14(21-16)13-10-19-22-15(13)5-2-7-18-22/h1-10H,(H,17,20,21). The number of nitro benzene ring substituents is 1. The van der Waals surface area contributed by atoms with E-state index < -0.39 is 4.92 Å². The predicted octanol–water partition coefficient (Wildman–Crippen LogP) is 2.84. The van der Waals surface area contributed by atoms with Gasteiger partial charge in [0.2, 0.25) is 5.95 Å². The molecule has 0 atom stereocenters. The number of aromatic nitrogens is 5. The van der Waals surface area contributed by atoms with Crippen molar-refractivity contribution < 1.29 is 4.92 Å². The topological polar surface area (TPSA) is 111 Å². The lowest BCUT2D eigenvalue weighted by Gasteiger charge is -2.06. The molecule has 0 aliphatic carbocycles. The third-order valence-electron chi connectivity index (χ3n) is 3.55. The van der Waals surface area contributed by atoms with E-state index in [-0.39, 0.29) is 5.69 Å².